The molecule has 1 heterocycles. The maximum absolute atomic E-state index is 11.9. The zero-order chi connectivity index (χ0) is 17.5. The van der Waals surface area contributed by atoms with E-state index in [1.165, 1.54) is 0 Å². The van der Waals surface area contributed by atoms with Gasteiger partial charge in [-0.15, -0.1) is 0 Å². The van der Waals surface area contributed by atoms with Crippen LogP contribution in [0.3, 0.4) is 0 Å². The molecular formula is C19H18N2O4. The van der Waals surface area contributed by atoms with E-state index in [4.69, 9.17) is 14.0 Å². The van der Waals surface area contributed by atoms with Crippen molar-refractivity contribution >= 4 is 5.91 Å². The van der Waals surface area contributed by atoms with E-state index < -0.39 is 0 Å². The molecule has 6 nitrogen and oxygen atoms in total. The highest BCUT2D eigenvalue weighted by Gasteiger charge is 2.08. The summed E-state index contributed by atoms with van der Waals surface area (Å²) < 4.78 is 15.8. The number of benzene rings is 2. The predicted molar refractivity (Wildman–Crippen MR) is 92.3 cm³/mol. The highest BCUT2D eigenvalue weighted by atomic mass is 16.5. The molecule has 0 radical (unpaired) electrons. The molecule has 3 rings (SSSR count). The van der Waals surface area contributed by atoms with Gasteiger partial charge in [0.05, 0.1) is 13.7 Å². The molecule has 25 heavy (non-hydrogen) atoms. The number of hydrogen-bond acceptors (Lipinski definition) is 5. The molecule has 0 saturated carbocycles. The van der Waals surface area contributed by atoms with Crippen LogP contribution in [0.15, 0.2) is 65.2 Å². The van der Waals surface area contributed by atoms with E-state index in [-0.39, 0.29) is 19.1 Å². The Balaban J connectivity index is 1.48. The first-order valence-electron chi connectivity index (χ1n) is 7.79. The molecule has 1 aromatic heterocycles. The van der Waals surface area contributed by atoms with Crippen LogP contribution in [0.25, 0.3) is 11.3 Å². The van der Waals surface area contributed by atoms with Gasteiger partial charge in [0.2, 0.25) is 0 Å². The molecule has 0 fully saturated rings. The lowest BCUT2D eigenvalue weighted by molar-refractivity contribution is -0.123. The molecule has 0 atom stereocenters. The van der Waals surface area contributed by atoms with Crippen molar-refractivity contribution in [1.82, 2.24) is 10.5 Å². The van der Waals surface area contributed by atoms with E-state index in [0.29, 0.717) is 23.0 Å². The third-order valence-corrected chi connectivity index (χ3v) is 3.50. The van der Waals surface area contributed by atoms with Crippen LogP contribution < -0.4 is 14.8 Å². The van der Waals surface area contributed by atoms with Crippen molar-refractivity contribution in [2.75, 3.05) is 13.7 Å². The number of ether oxygens (including phenoxy) is 2. The lowest BCUT2D eigenvalue weighted by Gasteiger charge is -2.07. The third-order valence-electron chi connectivity index (χ3n) is 3.50. The molecule has 0 spiro atoms. The summed E-state index contributed by atoms with van der Waals surface area (Å²) in [6.45, 7) is 0.188. The smallest absolute Gasteiger partial charge is 0.258 e. The predicted octanol–water partition coefficient (Wildman–Crippen LogP) is 3.05. The maximum Gasteiger partial charge on any atom is 0.258 e. The molecule has 0 unspecified atom stereocenters. The van der Waals surface area contributed by atoms with Gasteiger partial charge in [-0.2, -0.15) is 0 Å². The summed E-state index contributed by atoms with van der Waals surface area (Å²) in [5, 5.41) is 6.70. The van der Waals surface area contributed by atoms with Gasteiger partial charge in [-0.3, -0.25) is 4.79 Å². The third kappa shape index (κ3) is 4.60. The van der Waals surface area contributed by atoms with Crippen LogP contribution in [0.4, 0.5) is 0 Å². The Morgan fingerprint density at radius 1 is 1.08 bits per heavy atom. The first-order chi connectivity index (χ1) is 12.2. The number of carbonyl (C=O) groups is 1. The number of carbonyl (C=O) groups excluding carboxylic acids is 1. The van der Waals surface area contributed by atoms with E-state index in [0.717, 1.165) is 5.56 Å². The van der Waals surface area contributed by atoms with E-state index in [2.05, 4.69) is 10.5 Å². The summed E-state index contributed by atoms with van der Waals surface area (Å²) in [7, 11) is 1.58. The van der Waals surface area contributed by atoms with Crippen LogP contribution in [0, 0.1) is 0 Å². The zero-order valence-corrected chi connectivity index (χ0v) is 13.8. The molecule has 3 aromatic rings. The number of amides is 1. The minimum Gasteiger partial charge on any atom is -0.497 e. The second-order valence-corrected chi connectivity index (χ2v) is 5.29. The quantitative estimate of drug-likeness (QED) is 0.717. The zero-order valence-electron chi connectivity index (χ0n) is 13.8. The van der Waals surface area contributed by atoms with Crippen molar-refractivity contribution < 1.29 is 18.8 Å². The van der Waals surface area contributed by atoms with Gasteiger partial charge in [0, 0.05) is 17.7 Å². The molecule has 128 valence electrons. The summed E-state index contributed by atoms with van der Waals surface area (Å²) in [6, 6.07) is 18.5. The number of methoxy groups -OCH3 is 1. The Morgan fingerprint density at radius 3 is 2.68 bits per heavy atom. The van der Waals surface area contributed by atoms with Crippen LogP contribution in [0.2, 0.25) is 0 Å². The molecule has 0 bridgehead atoms. The van der Waals surface area contributed by atoms with Gasteiger partial charge in [-0.1, -0.05) is 41.6 Å². The van der Waals surface area contributed by atoms with Gasteiger partial charge in [0.15, 0.2) is 12.4 Å². The van der Waals surface area contributed by atoms with Gasteiger partial charge in [0.25, 0.3) is 5.91 Å². The largest absolute Gasteiger partial charge is 0.497 e. The number of nitrogens with zero attached hydrogens (tertiary/aromatic N) is 1. The van der Waals surface area contributed by atoms with Gasteiger partial charge in [-0.25, -0.2) is 0 Å². The Bertz CT molecular complexity index is 830. The van der Waals surface area contributed by atoms with Gasteiger partial charge in [-0.05, 0) is 12.1 Å². The van der Waals surface area contributed by atoms with Crippen molar-refractivity contribution in [3.63, 3.8) is 0 Å². The molecule has 0 saturated heterocycles. The van der Waals surface area contributed by atoms with E-state index in [1.54, 1.807) is 31.4 Å². The molecular weight excluding hydrogens is 320 g/mol. The lowest BCUT2D eigenvalue weighted by atomic mass is 10.2. The van der Waals surface area contributed by atoms with E-state index in [1.807, 2.05) is 36.4 Å². The molecule has 0 aliphatic heterocycles. The summed E-state index contributed by atoms with van der Waals surface area (Å²) in [6.07, 6.45) is 0. The highest BCUT2D eigenvalue weighted by Crippen LogP contribution is 2.20. The number of hydrogen-bond donors (Lipinski definition) is 1. The molecule has 0 aliphatic carbocycles. The minimum absolute atomic E-state index is 0.0867. The minimum atomic E-state index is -0.243. The van der Waals surface area contributed by atoms with E-state index in [9.17, 15) is 4.79 Å². The average molecular weight is 338 g/mol. The van der Waals surface area contributed by atoms with Crippen LogP contribution in [0.1, 0.15) is 5.69 Å². The average Bonchev–Trinajstić information content (AvgIpc) is 3.15. The highest BCUT2D eigenvalue weighted by molar-refractivity contribution is 5.77. The molecule has 6 heteroatoms. The van der Waals surface area contributed by atoms with Gasteiger partial charge >= 0.3 is 0 Å². The molecule has 2 aromatic carbocycles. The number of nitrogens with one attached hydrogen (secondary N) is 1. The van der Waals surface area contributed by atoms with Crippen molar-refractivity contribution in [2.24, 2.45) is 0 Å². The fourth-order valence-corrected chi connectivity index (χ4v) is 2.21. The van der Waals surface area contributed by atoms with Crippen LogP contribution in [0.5, 0.6) is 11.5 Å². The number of aromatic nitrogens is 1. The fraction of sp³-hybridized carbons (Fsp3) is 0.158. The van der Waals surface area contributed by atoms with Gasteiger partial charge in [0.1, 0.15) is 17.2 Å². The second kappa shape index (κ2) is 8.01. The normalized spacial score (nSPS) is 10.3. The summed E-state index contributed by atoms with van der Waals surface area (Å²) in [5.41, 5.74) is 1.59. The first-order valence-corrected chi connectivity index (χ1v) is 7.79. The van der Waals surface area contributed by atoms with Crippen LogP contribution in [-0.2, 0) is 11.3 Å². The van der Waals surface area contributed by atoms with E-state index >= 15 is 0 Å². The molecule has 1 amide bonds. The molecule has 0 aliphatic rings. The Kier molecular flexibility index (Phi) is 5.31. The lowest BCUT2D eigenvalue weighted by Crippen LogP contribution is -2.28. The monoisotopic (exact) mass is 338 g/mol. The van der Waals surface area contributed by atoms with Crippen LogP contribution >= 0.6 is 0 Å². The van der Waals surface area contributed by atoms with Crippen molar-refractivity contribution in [3.05, 3.63) is 66.4 Å². The van der Waals surface area contributed by atoms with Crippen molar-refractivity contribution in [1.29, 1.82) is 0 Å². The standard InChI is InChI=1S/C19H18N2O4/c1-23-16-8-5-9-17(11-16)24-13-19(22)20-12-15-10-18(25-21-15)14-6-3-2-4-7-14/h2-11H,12-13H2,1H3,(H,20,22). The summed E-state index contributed by atoms with van der Waals surface area (Å²) in [4.78, 5) is 11.9. The summed E-state index contributed by atoms with van der Waals surface area (Å²) >= 11 is 0. The number of rotatable bonds is 7. The van der Waals surface area contributed by atoms with Crippen molar-refractivity contribution in [3.8, 4) is 22.8 Å². The summed E-state index contributed by atoms with van der Waals surface area (Å²) in [5.74, 6) is 1.67. The second-order valence-electron chi connectivity index (χ2n) is 5.29. The fourth-order valence-electron chi connectivity index (χ4n) is 2.21. The first kappa shape index (κ1) is 16.6. The topological polar surface area (TPSA) is 73.6 Å². The van der Waals surface area contributed by atoms with Gasteiger partial charge < -0.3 is 19.3 Å². The van der Waals surface area contributed by atoms with Crippen molar-refractivity contribution in [2.45, 2.75) is 6.54 Å². The SMILES string of the molecule is COc1cccc(OCC(=O)NCc2cc(-c3ccccc3)on2)c1. The molecule has 1 N–H and O–H groups in total. The Morgan fingerprint density at radius 2 is 1.88 bits per heavy atom. The maximum atomic E-state index is 11.9. The Labute approximate surface area is 145 Å². The van der Waals surface area contributed by atoms with Crippen LogP contribution in [-0.4, -0.2) is 24.8 Å². The Hall–Kier alpha value is -3.28.